The van der Waals surface area contributed by atoms with Crippen LogP contribution in [0.3, 0.4) is 0 Å². The van der Waals surface area contributed by atoms with Gasteiger partial charge in [0.15, 0.2) is 0 Å². The zero-order valence-corrected chi connectivity index (χ0v) is 24.2. The van der Waals surface area contributed by atoms with E-state index >= 15 is 0 Å². The van der Waals surface area contributed by atoms with Crippen LogP contribution in [0.4, 0.5) is 11.6 Å². The molecule has 4 aromatic rings. The lowest BCUT2D eigenvalue weighted by Gasteiger charge is -2.35. The number of hydrogen-bond donors (Lipinski definition) is 2. The van der Waals surface area contributed by atoms with Crippen LogP contribution in [0, 0.1) is 6.92 Å². The molecule has 40 heavy (non-hydrogen) atoms. The average Bonchev–Trinajstić information content (AvgIpc) is 3.49. The van der Waals surface area contributed by atoms with E-state index in [2.05, 4.69) is 69.0 Å². The van der Waals surface area contributed by atoms with Gasteiger partial charge in [-0.3, -0.25) is 9.67 Å². The van der Waals surface area contributed by atoms with Crippen LogP contribution in [0.2, 0.25) is 0 Å². The highest BCUT2D eigenvalue weighted by atomic mass is 15.3. The fourth-order valence-electron chi connectivity index (χ4n) is 6.31. The van der Waals surface area contributed by atoms with Crippen molar-refractivity contribution in [3.8, 4) is 11.3 Å². The van der Waals surface area contributed by atoms with Crippen LogP contribution < -0.4 is 15.5 Å². The Kier molecular flexibility index (Phi) is 7.61. The molecule has 8 heteroatoms. The molecule has 210 valence electrons. The van der Waals surface area contributed by atoms with E-state index < -0.39 is 0 Å². The SMILES string of the molecule is C=C1Nc2nc3ccc(N4CCNC(CCC)C4)cc3n2CCCCCCc2c(cnn2C)-c2cc1cc(C)n2. The van der Waals surface area contributed by atoms with Gasteiger partial charge in [-0.05, 0) is 62.9 Å². The number of rotatable bonds is 3. The van der Waals surface area contributed by atoms with Crippen molar-refractivity contribution in [1.29, 1.82) is 0 Å². The number of imidazole rings is 1. The second kappa shape index (κ2) is 11.5. The molecule has 0 amide bonds. The second-order valence-corrected chi connectivity index (χ2v) is 11.4. The molecular formula is C32H42N8. The molecule has 2 N–H and O–H groups in total. The van der Waals surface area contributed by atoms with Gasteiger partial charge in [-0.25, -0.2) is 4.98 Å². The van der Waals surface area contributed by atoms with Gasteiger partial charge in [0, 0.05) is 73.2 Å². The van der Waals surface area contributed by atoms with Crippen molar-refractivity contribution in [2.45, 2.75) is 71.4 Å². The summed E-state index contributed by atoms with van der Waals surface area (Å²) in [6.45, 7) is 12.8. The van der Waals surface area contributed by atoms with E-state index in [1.807, 2.05) is 24.9 Å². The topological polar surface area (TPSA) is 75.8 Å². The first-order valence-electron chi connectivity index (χ1n) is 14.9. The molecule has 1 aromatic carbocycles. The summed E-state index contributed by atoms with van der Waals surface area (Å²) >= 11 is 0. The van der Waals surface area contributed by atoms with E-state index in [1.165, 1.54) is 42.6 Å². The van der Waals surface area contributed by atoms with E-state index in [1.54, 1.807) is 0 Å². The van der Waals surface area contributed by atoms with Gasteiger partial charge in [0.05, 0.1) is 22.9 Å². The lowest BCUT2D eigenvalue weighted by molar-refractivity contribution is 0.431. The lowest BCUT2D eigenvalue weighted by Crippen LogP contribution is -2.50. The normalized spacial score (nSPS) is 18.5. The number of nitrogens with zero attached hydrogens (tertiary/aromatic N) is 6. The van der Waals surface area contributed by atoms with E-state index in [9.17, 15) is 0 Å². The van der Waals surface area contributed by atoms with Crippen LogP contribution in [0.25, 0.3) is 28.0 Å². The van der Waals surface area contributed by atoms with Crippen molar-refractivity contribution in [2.75, 3.05) is 29.9 Å². The number of anilines is 2. The van der Waals surface area contributed by atoms with Crippen LogP contribution in [0.5, 0.6) is 0 Å². The summed E-state index contributed by atoms with van der Waals surface area (Å²) in [5, 5.41) is 11.8. The molecule has 1 atom stereocenters. The van der Waals surface area contributed by atoms with Crippen molar-refractivity contribution in [3.05, 3.63) is 60.1 Å². The third kappa shape index (κ3) is 5.37. The third-order valence-electron chi connectivity index (χ3n) is 8.44. The molecule has 6 rings (SSSR count). The lowest BCUT2D eigenvalue weighted by atomic mass is 10.0. The van der Waals surface area contributed by atoms with Crippen molar-refractivity contribution in [2.24, 2.45) is 7.05 Å². The number of aryl methyl sites for hydroxylation is 3. The largest absolute Gasteiger partial charge is 0.369 e. The molecule has 5 heterocycles. The Morgan fingerprint density at radius 3 is 2.80 bits per heavy atom. The Hall–Kier alpha value is -3.65. The standard InChI is InChI=1S/C32H42N8/c1-5-10-25-21-39(16-14-33-25)26-12-13-28-31(19-26)40-15-9-7-6-8-11-30-27(20-34-38(30)4)29-18-24(17-22(2)35-29)23(3)36-32(40)37-28/h12-13,17-20,25,33H,3,5-11,14-16,21H2,1-2,4H3,(H,36,37). The summed E-state index contributed by atoms with van der Waals surface area (Å²) in [7, 11) is 2.03. The second-order valence-electron chi connectivity index (χ2n) is 11.4. The van der Waals surface area contributed by atoms with Gasteiger partial charge in [0.25, 0.3) is 0 Å². The molecule has 2 aliphatic heterocycles. The Bertz CT molecular complexity index is 1510. The van der Waals surface area contributed by atoms with Gasteiger partial charge in [0.1, 0.15) is 0 Å². The maximum atomic E-state index is 5.06. The molecule has 1 unspecified atom stereocenters. The smallest absolute Gasteiger partial charge is 0.208 e. The summed E-state index contributed by atoms with van der Waals surface area (Å²) in [5.41, 5.74) is 9.62. The van der Waals surface area contributed by atoms with Crippen molar-refractivity contribution in [3.63, 3.8) is 0 Å². The molecule has 3 aromatic heterocycles. The minimum atomic E-state index is 0.554. The quantitative estimate of drug-likeness (QED) is 0.337. The van der Waals surface area contributed by atoms with Crippen LogP contribution in [0.1, 0.15) is 62.4 Å². The van der Waals surface area contributed by atoms with Gasteiger partial charge in [-0.2, -0.15) is 5.10 Å². The molecule has 0 radical (unpaired) electrons. The van der Waals surface area contributed by atoms with Gasteiger partial charge in [0.2, 0.25) is 5.95 Å². The molecular weight excluding hydrogens is 496 g/mol. The van der Waals surface area contributed by atoms with Crippen molar-refractivity contribution in [1.82, 2.24) is 29.6 Å². The van der Waals surface area contributed by atoms with Crippen molar-refractivity contribution >= 4 is 28.4 Å². The number of pyridine rings is 1. The van der Waals surface area contributed by atoms with Crippen molar-refractivity contribution < 1.29 is 0 Å². The maximum absolute atomic E-state index is 5.06. The number of benzene rings is 1. The zero-order chi connectivity index (χ0) is 27.6. The molecule has 2 aliphatic rings. The van der Waals surface area contributed by atoms with Crippen LogP contribution >= 0.6 is 0 Å². The van der Waals surface area contributed by atoms with E-state index in [0.717, 1.165) is 85.1 Å². The first-order chi connectivity index (χ1) is 19.5. The summed E-state index contributed by atoms with van der Waals surface area (Å²) in [5.74, 6) is 0.856. The summed E-state index contributed by atoms with van der Waals surface area (Å²) in [6, 6.07) is 11.5. The first kappa shape index (κ1) is 26.6. The Morgan fingerprint density at radius 2 is 1.93 bits per heavy atom. The monoisotopic (exact) mass is 538 g/mol. The minimum Gasteiger partial charge on any atom is -0.369 e. The molecule has 8 nitrogen and oxygen atoms in total. The third-order valence-corrected chi connectivity index (χ3v) is 8.44. The highest BCUT2D eigenvalue weighted by molar-refractivity contribution is 5.85. The number of piperazine rings is 1. The van der Waals surface area contributed by atoms with Gasteiger partial charge < -0.3 is 20.1 Å². The van der Waals surface area contributed by atoms with E-state index in [-0.39, 0.29) is 0 Å². The van der Waals surface area contributed by atoms with Crippen LogP contribution in [-0.4, -0.2) is 50.0 Å². The van der Waals surface area contributed by atoms with Gasteiger partial charge in [-0.15, -0.1) is 0 Å². The highest BCUT2D eigenvalue weighted by Gasteiger charge is 2.21. The molecule has 0 saturated carbocycles. The Morgan fingerprint density at radius 1 is 1.05 bits per heavy atom. The fourth-order valence-corrected chi connectivity index (χ4v) is 6.31. The highest BCUT2D eigenvalue weighted by Crippen LogP contribution is 2.31. The molecule has 1 saturated heterocycles. The average molecular weight is 539 g/mol. The van der Waals surface area contributed by atoms with E-state index in [0.29, 0.717) is 6.04 Å². The molecule has 0 spiro atoms. The Labute approximate surface area is 237 Å². The summed E-state index contributed by atoms with van der Waals surface area (Å²) < 4.78 is 4.37. The maximum Gasteiger partial charge on any atom is 0.208 e. The first-order valence-corrected chi connectivity index (χ1v) is 14.9. The minimum absolute atomic E-state index is 0.554. The number of hydrogen-bond acceptors (Lipinski definition) is 6. The fraction of sp³-hybridized carbons (Fsp3) is 0.469. The van der Waals surface area contributed by atoms with Crippen LogP contribution in [-0.2, 0) is 20.0 Å². The number of aromatic nitrogens is 5. The Balaban J connectivity index is 1.36. The van der Waals surface area contributed by atoms with Gasteiger partial charge in [-0.1, -0.05) is 32.8 Å². The predicted molar refractivity (Wildman–Crippen MR) is 165 cm³/mol. The van der Waals surface area contributed by atoms with Crippen LogP contribution in [0.15, 0.2) is 43.1 Å². The zero-order valence-electron chi connectivity index (χ0n) is 24.2. The molecule has 1 fully saturated rings. The van der Waals surface area contributed by atoms with Gasteiger partial charge >= 0.3 is 0 Å². The number of nitrogens with one attached hydrogen (secondary N) is 2. The summed E-state index contributed by atoms with van der Waals surface area (Å²) in [4.78, 5) is 12.5. The summed E-state index contributed by atoms with van der Waals surface area (Å²) in [6.07, 6.45) is 9.98. The number of fused-ring (bicyclic) bond motifs is 7. The predicted octanol–water partition coefficient (Wildman–Crippen LogP) is 5.92. The van der Waals surface area contributed by atoms with E-state index in [4.69, 9.17) is 9.97 Å². The molecule has 2 bridgehead atoms. The molecule has 0 aliphatic carbocycles.